The summed E-state index contributed by atoms with van der Waals surface area (Å²) in [6.45, 7) is 1.66. The van der Waals surface area contributed by atoms with Gasteiger partial charge in [0.05, 0.1) is 12.6 Å². The maximum Gasteiger partial charge on any atom is 0.342 e. The molecule has 0 spiro atoms. The molecule has 0 saturated heterocycles. The van der Waals surface area contributed by atoms with Gasteiger partial charge >= 0.3 is 5.97 Å². The first kappa shape index (κ1) is 17.2. The highest BCUT2D eigenvalue weighted by Gasteiger charge is 2.29. The van der Waals surface area contributed by atoms with E-state index in [9.17, 15) is 14.3 Å². The van der Waals surface area contributed by atoms with Crippen LogP contribution in [0.15, 0.2) is 22.7 Å². The lowest BCUT2D eigenvalue weighted by molar-refractivity contribution is -0.149. The molecule has 3 N–H and O–H groups in total. The van der Waals surface area contributed by atoms with E-state index in [0.29, 0.717) is 4.47 Å². The molecule has 0 aliphatic heterocycles. The minimum absolute atomic E-state index is 0. The van der Waals surface area contributed by atoms with Gasteiger partial charge in [-0.1, -0.05) is 15.9 Å². The maximum atomic E-state index is 13.6. The van der Waals surface area contributed by atoms with Crippen LogP contribution in [-0.2, 0) is 9.53 Å². The van der Waals surface area contributed by atoms with Crippen LogP contribution in [0.1, 0.15) is 18.5 Å². The van der Waals surface area contributed by atoms with Crippen LogP contribution in [0.4, 0.5) is 4.39 Å². The molecule has 1 rings (SSSR count). The smallest absolute Gasteiger partial charge is 0.342 e. The second kappa shape index (κ2) is 7.56. The summed E-state index contributed by atoms with van der Waals surface area (Å²) in [5.74, 6) is -1.19. The van der Waals surface area contributed by atoms with Gasteiger partial charge in [-0.2, -0.15) is 0 Å². The summed E-state index contributed by atoms with van der Waals surface area (Å²) in [6.07, 6.45) is -2.00. The molecule has 102 valence electrons. The van der Waals surface area contributed by atoms with Gasteiger partial charge in [0, 0.05) is 10.0 Å². The lowest BCUT2D eigenvalue weighted by Gasteiger charge is -2.17. The van der Waals surface area contributed by atoms with E-state index in [4.69, 9.17) is 5.73 Å². The molecule has 0 aliphatic rings. The summed E-state index contributed by atoms with van der Waals surface area (Å²) in [6, 6.07) is 3.16. The number of rotatable bonds is 4. The number of hydrogen-bond acceptors (Lipinski definition) is 4. The molecule has 0 heterocycles. The Balaban J connectivity index is 0.00000289. The highest BCUT2D eigenvalue weighted by atomic mass is 79.9. The molecule has 2 atom stereocenters. The van der Waals surface area contributed by atoms with Crippen molar-refractivity contribution in [1.82, 2.24) is 0 Å². The summed E-state index contributed by atoms with van der Waals surface area (Å²) in [4.78, 5) is 11.2. The third kappa shape index (κ3) is 4.12. The van der Waals surface area contributed by atoms with Crippen LogP contribution in [0.3, 0.4) is 0 Å². The van der Waals surface area contributed by atoms with Crippen LogP contribution in [0.25, 0.3) is 0 Å². The van der Waals surface area contributed by atoms with Crippen LogP contribution in [-0.4, -0.2) is 23.9 Å². The van der Waals surface area contributed by atoms with E-state index >= 15 is 0 Å². The highest BCUT2D eigenvalue weighted by molar-refractivity contribution is 9.10. The zero-order valence-electron chi connectivity index (χ0n) is 9.60. The summed E-state index contributed by atoms with van der Waals surface area (Å²) >= 11 is 3.18. The van der Waals surface area contributed by atoms with Crippen LogP contribution in [0.5, 0.6) is 5.75 Å². The zero-order chi connectivity index (χ0) is 13.0. The Bertz CT molecular complexity index is 419. The molecule has 7 heteroatoms. The topological polar surface area (TPSA) is 72.5 Å². The van der Waals surface area contributed by atoms with E-state index in [2.05, 4.69) is 20.7 Å². The van der Waals surface area contributed by atoms with E-state index in [0.717, 1.165) is 0 Å². The van der Waals surface area contributed by atoms with Crippen molar-refractivity contribution in [3.63, 3.8) is 0 Å². The third-order valence-electron chi connectivity index (χ3n) is 2.18. The normalized spacial score (nSPS) is 13.3. The number of nitrogens with two attached hydrogens (primary N) is 1. The standard InChI is InChI=1S/C11H13BrFNO3.ClH/c1-2-17-11(16)9(13)10(14)7-5-6(12)3-4-8(7)15;/h3-5,9-10,15H,2,14H2,1H3;1H/t9?,10-;/m1./s1. The first-order valence-corrected chi connectivity index (χ1v) is 5.81. The van der Waals surface area contributed by atoms with Crippen molar-refractivity contribution in [1.29, 1.82) is 0 Å². The van der Waals surface area contributed by atoms with Crippen molar-refractivity contribution in [2.45, 2.75) is 19.1 Å². The van der Waals surface area contributed by atoms with E-state index in [1.54, 1.807) is 13.0 Å². The predicted octanol–water partition coefficient (Wildman–Crippen LogP) is 2.48. The summed E-state index contributed by atoms with van der Waals surface area (Å²) < 4.78 is 18.8. The number of alkyl halides is 1. The minimum atomic E-state index is -2.00. The Labute approximate surface area is 119 Å². The molecular weight excluding hydrogens is 328 g/mol. The Kier molecular flexibility index (Phi) is 7.20. The lowest BCUT2D eigenvalue weighted by atomic mass is 10.0. The van der Waals surface area contributed by atoms with Crippen molar-refractivity contribution >= 4 is 34.3 Å². The molecule has 0 aliphatic carbocycles. The molecule has 0 saturated carbocycles. The summed E-state index contributed by atoms with van der Waals surface area (Å²) in [5, 5.41) is 9.55. The number of aromatic hydroxyl groups is 1. The largest absolute Gasteiger partial charge is 0.508 e. The molecule has 0 radical (unpaired) electrons. The number of esters is 1. The molecule has 1 aromatic carbocycles. The first-order chi connectivity index (χ1) is 7.97. The molecule has 0 amide bonds. The zero-order valence-corrected chi connectivity index (χ0v) is 12.0. The fourth-order valence-electron chi connectivity index (χ4n) is 1.32. The molecule has 0 fully saturated rings. The molecule has 4 nitrogen and oxygen atoms in total. The Morgan fingerprint density at radius 3 is 2.78 bits per heavy atom. The number of halogens is 3. The predicted molar refractivity (Wildman–Crippen MR) is 71.5 cm³/mol. The average Bonchev–Trinajstić information content (AvgIpc) is 2.30. The van der Waals surface area contributed by atoms with Gasteiger partial charge in [-0.05, 0) is 25.1 Å². The van der Waals surface area contributed by atoms with E-state index in [1.807, 2.05) is 0 Å². The number of benzene rings is 1. The van der Waals surface area contributed by atoms with Gasteiger partial charge in [0.25, 0.3) is 0 Å². The number of phenols is 1. The Morgan fingerprint density at radius 2 is 2.22 bits per heavy atom. The van der Waals surface area contributed by atoms with E-state index < -0.39 is 18.2 Å². The molecule has 0 bridgehead atoms. The quantitative estimate of drug-likeness (QED) is 0.825. The van der Waals surface area contributed by atoms with Crippen molar-refractivity contribution in [3.05, 3.63) is 28.2 Å². The average molecular weight is 343 g/mol. The van der Waals surface area contributed by atoms with Gasteiger partial charge in [0.1, 0.15) is 5.75 Å². The SMILES string of the molecule is CCOC(=O)C(F)[C@H](N)c1cc(Br)ccc1O.Cl. The van der Waals surface area contributed by atoms with Gasteiger partial charge in [-0.15, -0.1) is 12.4 Å². The second-order valence-electron chi connectivity index (χ2n) is 3.38. The van der Waals surface area contributed by atoms with Gasteiger partial charge in [-0.3, -0.25) is 0 Å². The summed E-state index contributed by atoms with van der Waals surface area (Å²) in [5.41, 5.74) is 5.74. The Morgan fingerprint density at radius 1 is 1.61 bits per heavy atom. The monoisotopic (exact) mass is 341 g/mol. The van der Waals surface area contributed by atoms with Crippen molar-refractivity contribution in [2.24, 2.45) is 5.73 Å². The maximum absolute atomic E-state index is 13.6. The summed E-state index contributed by atoms with van der Waals surface area (Å²) in [7, 11) is 0. The third-order valence-corrected chi connectivity index (χ3v) is 2.67. The van der Waals surface area contributed by atoms with Crippen molar-refractivity contribution in [2.75, 3.05) is 6.61 Å². The number of phenolic OH excluding ortho intramolecular Hbond substituents is 1. The van der Waals surface area contributed by atoms with Gasteiger partial charge in [0.2, 0.25) is 6.17 Å². The van der Waals surface area contributed by atoms with Crippen molar-refractivity contribution in [3.8, 4) is 5.75 Å². The molecule has 1 unspecified atom stereocenters. The minimum Gasteiger partial charge on any atom is -0.508 e. The Hall–Kier alpha value is -0.850. The van der Waals surface area contributed by atoms with Crippen LogP contribution in [0, 0.1) is 0 Å². The van der Waals surface area contributed by atoms with E-state index in [-0.39, 0.29) is 30.3 Å². The number of carbonyl (C=O) groups is 1. The highest BCUT2D eigenvalue weighted by Crippen LogP contribution is 2.29. The van der Waals surface area contributed by atoms with Gasteiger partial charge in [-0.25, -0.2) is 9.18 Å². The second-order valence-corrected chi connectivity index (χ2v) is 4.30. The first-order valence-electron chi connectivity index (χ1n) is 5.02. The number of hydrogen-bond donors (Lipinski definition) is 2. The van der Waals surface area contributed by atoms with Crippen LogP contribution >= 0.6 is 28.3 Å². The molecule has 0 aromatic heterocycles. The fourth-order valence-corrected chi connectivity index (χ4v) is 1.70. The fraction of sp³-hybridized carbons (Fsp3) is 0.364. The molecular formula is C11H14BrClFNO3. The van der Waals surface area contributed by atoms with Crippen LogP contribution < -0.4 is 5.73 Å². The van der Waals surface area contributed by atoms with Crippen LogP contribution in [0.2, 0.25) is 0 Å². The van der Waals surface area contributed by atoms with E-state index in [1.165, 1.54) is 12.1 Å². The number of ether oxygens (including phenoxy) is 1. The van der Waals surface area contributed by atoms with Gasteiger partial charge in [0.15, 0.2) is 0 Å². The molecule has 1 aromatic rings. The number of carbonyl (C=O) groups excluding carboxylic acids is 1. The lowest BCUT2D eigenvalue weighted by Crippen LogP contribution is -2.31. The molecule has 18 heavy (non-hydrogen) atoms. The van der Waals surface area contributed by atoms with Crippen molar-refractivity contribution < 1.29 is 19.0 Å². The van der Waals surface area contributed by atoms with Gasteiger partial charge < -0.3 is 15.6 Å².